The standard InChI is InChI=1S/C12H7ClF3NO/c13-11-4-1-7(6-17-11)9-3-2-8(5-10(9)18)12(14,15)16/h1-6,18H. The van der Waals surface area contributed by atoms with Crippen molar-refractivity contribution in [1.82, 2.24) is 4.98 Å². The second-order valence-corrected chi connectivity index (χ2v) is 3.99. The molecule has 0 bridgehead atoms. The molecule has 0 radical (unpaired) electrons. The summed E-state index contributed by atoms with van der Waals surface area (Å²) in [6, 6.07) is 5.85. The Hall–Kier alpha value is -1.75. The van der Waals surface area contributed by atoms with E-state index in [1.165, 1.54) is 18.3 Å². The van der Waals surface area contributed by atoms with Gasteiger partial charge in [-0.3, -0.25) is 0 Å². The van der Waals surface area contributed by atoms with Crippen LogP contribution in [0.5, 0.6) is 5.75 Å². The number of phenols is 1. The van der Waals surface area contributed by atoms with E-state index in [1.807, 2.05) is 0 Å². The zero-order valence-electron chi connectivity index (χ0n) is 8.87. The molecule has 0 spiro atoms. The molecule has 1 aromatic heterocycles. The molecule has 0 saturated carbocycles. The van der Waals surface area contributed by atoms with Crippen LogP contribution in [-0.4, -0.2) is 10.1 Å². The van der Waals surface area contributed by atoms with Crippen LogP contribution in [0.3, 0.4) is 0 Å². The number of benzene rings is 1. The van der Waals surface area contributed by atoms with Gasteiger partial charge in [0.2, 0.25) is 0 Å². The van der Waals surface area contributed by atoms with Gasteiger partial charge >= 0.3 is 6.18 Å². The largest absolute Gasteiger partial charge is 0.507 e. The highest BCUT2D eigenvalue weighted by molar-refractivity contribution is 6.29. The molecule has 1 N–H and O–H groups in total. The third-order valence-corrected chi connectivity index (χ3v) is 2.59. The monoisotopic (exact) mass is 273 g/mol. The van der Waals surface area contributed by atoms with Crippen LogP contribution >= 0.6 is 11.6 Å². The van der Waals surface area contributed by atoms with E-state index in [1.54, 1.807) is 6.07 Å². The number of hydrogen-bond donors (Lipinski definition) is 1. The predicted octanol–water partition coefficient (Wildman–Crippen LogP) is 4.13. The Morgan fingerprint density at radius 1 is 1.11 bits per heavy atom. The summed E-state index contributed by atoms with van der Waals surface area (Å²) in [4.78, 5) is 3.80. The van der Waals surface area contributed by atoms with Crippen molar-refractivity contribution in [1.29, 1.82) is 0 Å². The van der Waals surface area contributed by atoms with Crippen LogP contribution in [0.4, 0.5) is 13.2 Å². The summed E-state index contributed by atoms with van der Waals surface area (Å²) in [5.41, 5.74) is -0.136. The van der Waals surface area contributed by atoms with Crippen molar-refractivity contribution >= 4 is 11.6 Å². The van der Waals surface area contributed by atoms with Crippen molar-refractivity contribution in [2.75, 3.05) is 0 Å². The summed E-state index contributed by atoms with van der Waals surface area (Å²) in [5, 5.41) is 9.89. The third-order valence-electron chi connectivity index (χ3n) is 2.36. The van der Waals surface area contributed by atoms with Crippen LogP contribution in [0.1, 0.15) is 5.56 Å². The van der Waals surface area contributed by atoms with Crippen molar-refractivity contribution in [2.24, 2.45) is 0 Å². The second kappa shape index (κ2) is 4.49. The van der Waals surface area contributed by atoms with E-state index in [9.17, 15) is 18.3 Å². The number of aromatic nitrogens is 1. The molecule has 94 valence electrons. The van der Waals surface area contributed by atoms with Crippen molar-refractivity contribution in [3.63, 3.8) is 0 Å². The lowest BCUT2D eigenvalue weighted by Crippen LogP contribution is -2.04. The number of halogens is 4. The predicted molar refractivity (Wildman–Crippen MR) is 61.3 cm³/mol. The normalized spacial score (nSPS) is 11.6. The van der Waals surface area contributed by atoms with E-state index >= 15 is 0 Å². The second-order valence-electron chi connectivity index (χ2n) is 3.60. The SMILES string of the molecule is Oc1cc(C(F)(F)F)ccc1-c1ccc(Cl)nc1. The molecule has 1 aromatic carbocycles. The minimum absolute atomic E-state index is 0.269. The number of rotatable bonds is 1. The molecule has 0 aliphatic rings. The van der Waals surface area contributed by atoms with Crippen LogP contribution in [0.25, 0.3) is 11.1 Å². The Kier molecular flexibility index (Phi) is 3.17. The van der Waals surface area contributed by atoms with Crippen molar-refractivity contribution in [3.05, 3.63) is 47.2 Å². The Labute approximate surface area is 106 Å². The molecule has 2 nitrogen and oxygen atoms in total. The molecule has 1 heterocycles. The maximum Gasteiger partial charge on any atom is 0.416 e. The Morgan fingerprint density at radius 3 is 2.33 bits per heavy atom. The number of alkyl halides is 3. The van der Waals surface area contributed by atoms with Gasteiger partial charge in [0.05, 0.1) is 5.56 Å². The molecular weight excluding hydrogens is 267 g/mol. The van der Waals surface area contributed by atoms with E-state index in [0.29, 0.717) is 11.6 Å². The van der Waals surface area contributed by atoms with E-state index in [2.05, 4.69) is 4.98 Å². The fourth-order valence-electron chi connectivity index (χ4n) is 1.49. The van der Waals surface area contributed by atoms with E-state index in [0.717, 1.165) is 6.07 Å². The Bertz CT molecular complexity index is 567. The highest BCUT2D eigenvalue weighted by atomic mass is 35.5. The summed E-state index contributed by atoms with van der Waals surface area (Å²) in [6.07, 6.45) is -3.10. The number of aromatic hydroxyl groups is 1. The summed E-state index contributed by atoms with van der Waals surface area (Å²) in [7, 11) is 0. The lowest BCUT2D eigenvalue weighted by molar-refractivity contribution is -0.137. The van der Waals surface area contributed by atoms with Gasteiger partial charge in [-0.15, -0.1) is 0 Å². The quantitative estimate of drug-likeness (QED) is 0.793. The van der Waals surface area contributed by atoms with Crippen molar-refractivity contribution in [2.45, 2.75) is 6.18 Å². The van der Waals surface area contributed by atoms with E-state index < -0.39 is 17.5 Å². The molecule has 0 amide bonds. The third kappa shape index (κ3) is 2.56. The number of nitrogens with zero attached hydrogens (tertiary/aromatic N) is 1. The van der Waals surface area contributed by atoms with Gasteiger partial charge in [0.25, 0.3) is 0 Å². The van der Waals surface area contributed by atoms with Gasteiger partial charge in [-0.2, -0.15) is 13.2 Å². The Morgan fingerprint density at radius 2 is 1.83 bits per heavy atom. The minimum Gasteiger partial charge on any atom is -0.507 e. The topological polar surface area (TPSA) is 33.1 Å². The zero-order chi connectivity index (χ0) is 13.3. The van der Waals surface area contributed by atoms with Gasteiger partial charge in [-0.05, 0) is 24.3 Å². The summed E-state index contributed by atoms with van der Waals surface area (Å²) in [6.45, 7) is 0. The fourth-order valence-corrected chi connectivity index (χ4v) is 1.60. The summed E-state index contributed by atoms with van der Waals surface area (Å²) in [5.74, 6) is -0.450. The molecule has 2 rings (SSSR count). The number of pyridine rings is 1. The van der Waals surface area contributed by atoms with Gasteiger partial charge in [-0.25, -0.2) is 4.98 Å². The van der Waals surface area contributed by atoms with Crippen LogP contribution < -0.4 is 0 Å². The van der Waals surface area contributed by atoms with Gasteiger partial charge in [0.15, 0.2) is 0 Å². The maximum atomic E-state index is 12.4. The first-order valence-electron chi connectivity index (χ1n) is 4.90. The summed E-state index contributed by atoms with van der Waals surface area (Å²) < 4.78 is 37.2. The smallest absolute Gasteiger partial charge is 0.416 e. The highest BCUT2D eigenvalue weighted by Crippen LogP contribution is 2.36. The zero-order valence-corrected chi connectivity index (χ0v) is 9.63. The lowest BCUT2D eigenvalue weighted by atomic mass is 10.0. The van der Waals surface area contributed by atoms with E-state index in [-0.39, 0.29) is 10.7 Å². The minimum atomic E-state index is -4.48. The van der Waals surface area contributed by atoms with Crippen LogP contribution in [0.15, 0.2) is 36.5 Å². The maximum absolute atomic E-state index is 12.4. The van der Waals surface area contributed by atoms with Crippen LogP contribution in [0.2, 0.25) is 5.15 Å². The molecule has 0 saturated heterocycles. The molecule has 18 heavy (non-hydrogen) atoms. The molecule has 0 aliphatic carbocycles. The molecule has 0 unspecified atom stereocenters. The first kappa shape index (κ1) is 12.7. The number of hydrogen-bond acceptors (Lipinski definition) is 2. The lowest BCUT2D eigenvalue weighted by Gasteiger charge is -2.10. The molecule has 0 aliphatic heterocycles. The van der Waals surface area contributed by atoms with Crippen LogP contribution in [0, 0.1) is 0 Å². The highest BCUT2D eigenvalue weighted by Gasteiger charge is 2.31. The van der Waals surface area contributed by atoms with E-state index in [4.69, 9.17) is 11.6 Å². The molecule has 6 heteroatoms. The van der Waals surface area contributed by atoms with Gasteiger partial charge in [0.1, 0.15) is 10.9 Å². The summed E-state index contributed by atoms with van der Waals surface area (Å²) >= 11 is 5.60. The van der Waals surface area contributed by atoms with Gasteiger partial charge in [-0.1, -0.05) is 17.7 Å². The van der Waals surface area contributed by atoms with Crippen LogP contribution in [-0.2, 0) is 6.18 Å². The average Bonchev–Trinajstić information content (AvgIpc) is 2.29. The Balaban J connectivity index is 2.45. The number of phenolic OH excluding ortho intramolecular Hbond substituents is 1. The van der Waals surface area contributed by atoms with Crippen molar-refractivity contribution < 1.29 is 18.3 Å². The molecule has 2 aromatic rings. The fraction of sp³-hybridized carbons (Fsp3) is 0.0833. The molecular formula is C12H7ClF3NO. The molecule has 0 fully saturated rings. The van der Waals surface area contributed by atoms with Crippen molar-refractivity contribution in [3.8, 4) is 16.9 Å². The first-order chi connectivity index (χ1) is 8.38. The average molecular weight is 274 g/mol. The molecule has 0 atom stereocenters. The van der Waals surface area contributed by atoms with Gasteiger partial charge < -0.3 is 5.11 Å². The van der Waals surface area contributed by atoms with Gasteiger partial charge in [0, 0.05) is 17.3 Å². The first-order valence-corrected chi connectivity index (χ1v) is 5.28.